The first-order valence-corrected chi connectivity index (χ1v) is 4.71. The van der Waals surface area contributed by atoms with Gasteiger partial charge >= 0.3 is 0 Å². The average Bonchev–Trinajstić information content (AvgIpc) is 2.67. The van der Waals surface area contributed by atoms with Crippen LogP contribution in [0.2, 0.25) is 0 Å². The third-order valence-electron chi connectivity index (χ3n) is 1.75. The summed E-state index contributed by atoms with van der Waals surface area (Å²) in [6, 6.07) is 11.1. The molecule has 0 N–H and O–H groups in total. The monoisotopic (exact) mass is 248 g/mol. The molecule has 14 heavy (non-hydrogen) atoms. The summed E-state index contributed by atoms with van der Waals surface area (Å²) in [4.78, 5) is 0. The van der Waals surface area contributed by atoms with Crippen molar-refractivity contribution >= 4 is 15.9 Å². The second kappa shape index (κ2) is 3.64. The van der Waals surface area contributed by atoms with Gasteiger partial charge in [-0.3, -0.25) is 0 Å². The highest BCUT2D eigenvalue weighted by Gasteiger charge is 2.05. The van der Waals surface area contributed by atoms with Gasteiger partial charge in [0.15, 0.2) is 11.5 Å². The van der Waals surface area contributed by atoms with Crippen LogP contribution in [0.25, 0.3) is 11.3 Å². The molecule has 0 spiro atoms. The maximum atomic E-state index is 8.56. The van der Waals surface area contributed by atoms with Gasteiger partial charge in [0.05, 0.1) is 0 Å². The number of hydrogen-bond acceptors (Lipinski definition) is 3. The van der Waals surface area contributed by atoms with Gasteiger partial charge in [-0.2, -0.15) is 5.26 Å². The van der Waals surface area contributed by atoms with Crippen molar-refractivity contribution in [1.82, 2.24) is 5.16 Å². The Morgan fingerprint density at radius 1 is 1.29 bits per heavy atom. The van der Waals surface area contributed by atoms with E-state index >= 15 is 0 Å². The molecule has 0 radical (unpaired) electrons. The summed E-state index contributed by atoms with van der Waals surface area (Å²) in [5, 5.41) is 12.1. The molecule has 68 valence electrons. The van der Waals surface area contributed by atoms with Crippen LogP contribution in [-0.4, -0.2) is 5.16 Å². The van der Waals surface area contributed by atoms with Gasteiger partial charge in [-0.25, -0.2) is 0 Å². The number of nitrogens with zero attached hydrogens (tertiary/aromatic N) is 2. The summed E-state index contributed by atoms with van der Waals surface area (Å²) < 4.78 is 5.99. The summed E-state index contributed by atoms with van der Waals surface area (Å²) in [6.07, 6.45) is 0. The molecule has 2 aromatic rings. The number of benzene rings is 1. The van der Waals surface area contributed by atoms with Crippen LogP contribution in [0, 0.1) is 11.3 Å². The highest BCUT2D eigenvalue weighted by atomic mass is 79.9. The quantitative estimate of drug-likeness (QED) is 0.780. The Morgan fingerprint density at radius 3 is 2.57 bits per heavy atom. The zero-order valence-electron chi connectivity index (χ0n) is 7.07. The molecule has 0 atom stereocenters. The zero-order valence-corrected chi connectivity index (χ0v) is 8.65. The number of rotatable bonds is 1. The van der Waals surface area contributed by atoms with Crippen LogP contribution in [0.1, 0.15) is 5.69 Å². The topological polar surface area (TPSA) is 49.8 Å². The van der Waals surface area contributed by atoms with E-state index in [1.165, 1.54) is 0 Å². The van der Waals surface area contributed by atoms with E-state index in [4.69, 9.17) is 9.78 Å². The highest BCUT2D eigenvalue weighted by Crippen LogP contribution is 2.21. The first-order valence-electron chi connectivity index (χ1n) is 3.92. The van der Waals surface area contributed by atoms with Crippen LogP contribution in [0.4, 0.5) is 0 Å². The van der Waals surface area contributed by atoms with E-state index in [2.05, 4.69) is 21.1 Å². The Bertz CT molecular complexity index is 482. The highest BCUT2D eigenvalue weighted by molar-refractivity contribution is 9.10. The van der Waals surface area contributed by atoms with Crippen LogP contribution in [-0.2, 0) is 0 Å². The van der Waals surface area contributed by atoms with Crippen molar-refractivity contribution in [2.45, 2.75) is 0 Å². The van der Waals surface area contributed by atoms with Crippen molar-refractivity contribution in [3.8, 4) is 17.4 Å². The van der Waals surface area contributed by atoms with Gasteiger partial charge in [0.1, 0.15) is 6.07 Å². The molecule has 0 amide bonds. The Morgan fingerprint density at radius 2 is 2.00 bits per heavy atom. The van der Waals surface area contributed by atoms with Gasteiger partial charge in [0.25, 0.3) is 0 Å². The number of nitriles is 1. The van der Waals surface area contributed by atoms with Crippen LogP contribution in [0.5, 0.6) is 0 Å². The fraction of sp³-hybridized carbons (Fsp3) is 0. The summed E-state index contributed by atoms with van der Waals surface area (Å²) in [7, 11) is 0. The van der Waals surface area contributed by atoms with Gasteiger partial charge < -0.3 is 4.52 Å². The van der Waals surface area contributed by atoms with Crippen LogP contribution in [0.15, 0.2) is 39.3 Å². The van der Waals surface area contributed by atoms with Crippen molar-refractivity contribution in [2.75, 3.05) is 0 Å². The zero-order chi connectivity index (χ0) is 9.97. The second-order valence-corrected chi connectivity index (χ2v) is 3.61. The fourth-order valence-electron chi connectivity index (χ4n) is 1.08. The first-order chi connectivity index (χ1) is 6.79. The minimum Gasteiger partial charge on any atom is -0.355 e. The maximum Gasteiger partial charge on any atom is 0.184 e. The standard InChI is InChI=1S/C10H5BrN2O/c11-8-3-1-7(2-4-8)10-5-9(6-12)13-14-10/h1-5H. The van der Waals surface area contributed by atoms with Gasteiger partial charge in [-0.05, 0) is 12.1 Å². The van der Waals surface area contributed by atoms with Gasteiger partial charge in [0.2, 0.25) is 0 Å². The summed E-state index contributed by atoms with van der Waals surface area (Å²) in [5.41, 5.74) is 1.20. The van der Waals surface area contributed by atoms with Crippen molar-refractivity contribution in [3.63, 3.8) is 0 Å². The molecule has 1 aromatic heterocycles. The second-order valence-electron chi connectivity index (χ2n) is 2.70. The van der Waals surface area contributed by atoms with E-state index in [0.717, 1.165) is 10.0 Å². The Hall–Kier alpha value is -1.60. The molecule has 0 saturated carbocycles. The van der Waals surface area contributed by atoms with Crippen LogP contribution in [0.3, 0.4) is 0 Å². The Labute approximate surface area is 89.1 Å². The van der Waals surface area contributed by atoms with E-state index in [1.54, 1.807) is 6.07 Å². The SMILES string of the molecule is N#Cc1cc(-c2ccc(Br)cc2)on1. The Kier molecular flexibility index (Phi) is 2.33. The number of aromatic nitrogens is 1. The molecule has 0 unspecified atom stereocenters. The summed E-state index contributed by atoms with van der Waals surface area (Å²) >= 11 is 3.34. The summed E-state index contributed by atoms with van der Waals surface area (Å²) in [5.74, 6) is 0.606. The minimum absolute atomic E-state index is 0.294. The lowest BCUT2D eigenvalue weighted by Crippen LogP contribution is -1.72. The van der Waals surface area contributed by atoms with Crippen LogP contribution >= 0.6 is 15.9 Å². The molecule has 0 aliphatic rings. The fourth-order valence-corrected chi connectivity index (χ4v) is 1.34. The van der Waals surface area contributed by atoms with E-state index in [-0.39, 0.29) is 0 Å². The van der Waals surface area contributed by atoms with Gasteiger partial charge in [-0.1, -0.05) is 33.2 Å². The summed E-state index contributed by atoms with van der Waals surface area (Å²) in [6.45, 7) is 0. The molecule has 2 rings (SSSR count). The van der Waals surface area contributed by atoms with E-state index in [9.17, 15) is 0 Å². The number of halogens is 1. The van der Waals surface area contributed by atoms with Crippen LogP contribution < -0.4 is 0 Å². The predicted octanol–water partition coefficient (Wildman–Crippen LogP) is 2.98. The first kappa shape index (κ1) is 8.97. The maximum absolute atomic E-state index is 8.56. The van der Waals surface area contributed by atoms with E-state index in [0.29, 0.717) is 11.5 Å². The lowest BCUT2D eigenvalue weighted by molar-refractivity contribution is 0.430. The lowest BCUT2D eigenvalue weighted by atomic mass is 10.2. The number of hydrogen-bond donors (Lipinski definition) is 0. The minimum atomic E-state index is 0.294. The van der Waals surface area contributed by atoms with Crippen molar-refractivity contribution in [1.29, 1.82) is 5.26 Å². The largest absolute Gasteiger partial charge is 0.355 e. The normalized spacial score (nSPS) is 9.71. The molecule has 0 aliphatic heterocycles. The van der Waals surface area contributed by atoms with Gasteiger partial charge in [-0.15, -0.1) is 0 Å². The third-order valence-corrected chi connectivity index (χ3v) is 2.28. The molecule has 0 fully saturated rings. The Balaban J connectivity index is 2.40. The molecule has 4 heteroatoms. The van der Waals surface area contributed by atoms with Crippen molar-refractivity contribution in [3.05, 3.63) is 40.5 Å². The molecule has 1 aromatic carbocycles. The molecule has 3 nitrogen and oxygen atoms in total. The molecule has 1 heterocycles. The molecular formula is C10H5BrN2O. The molecule has 0 bridgehead atoms. The van der Waals surface area contributed by atoms with Crippen molar-refractivity contribution in [2.24, 2.45) is 0 Å². The van der Waals surface area contributed by atoms with E-state index < -0.39 is 0 Å². The molecular weight excluding hydrogens is 244 g/mol. The lowest BCUT2D eigenvalue weighted by Gasteiger charge is -1.93. The average molecular weight is 249 g/mol. The predicted molar refractivity (Wildman–Crippen MR) is 54.4 cm³/mol. The third kappa shape index (κ3) is 1.68. The van der Waals surface area contributed by atoms with Crippen molar-refractivity contribution < 1.29 is 4.52 Å². The van der Waals surface area contributed by atoms with Gasteiger partial charge in [0, 0.05) is 16.1 Å². The molecule has 0 saturated heterocycles. The molecule has 0 aliphatic carbocycles. The van der Waals surface area contributed by atoms with E-state index in [1.807, 2.05) is 30.3 Å². The smallest absolute Gasteiger partial charge is 0.184 e.